The van der Waals surface area contributed by atoms with Crippen molar-refractivity contribution in [3.8, 4) is 0 Å². The number of hydrogen-bond acceptors (Lipinski definition) is 10. The number of hydrogen-bond donors (Lipinski definition) is 0. The number of nitrogens with zero attached hydrogens (tertiary/aromatic N) is 2. The first-order valence-electron chi connectivity index (χ1n) is 2.91. The van der Waals surface area contributed by atoms with E-state index < -0.39 is 22.1 Å². The molecule has 0 atom stereocenters. The molecule has 0 saturated carbocycles. The van der Waals surface area contributed by atoms with Crippen LogP contribution in [0.1, 0.15) is 13.8 Å². The Hall–Kier alpha value is -0.634. The van der Waals surface area contributed by atoms with Gasteiger partial charge in [-0.05, 0) is 13.8 Å². The Morgan fingerprint density at radius 2 is 0.778 bits per heavy atom. The molecule has 0 bridgehead atoms. The van der Waals surface area contributed by atoms with Crippen molar-refractivity contribution in [2.24, 2.45) is 0 Å². The molecule has 0 N–H and O–H groups in total. The molecule has 0 aromatic carbocycles. The van der Waals surface area contributed by atoms with Crippen LogP contribution in [-0.4, -0.2) is 82.9 Å². The predicted molar refractivity (Wildman–Crippen MR) is 53.6 cm³/mol. The van der Waals surface area contributed by atoms with Crippen molar-refractivity contribution >= 4 is 72.7 Å². The summed E-state index contributed by atoms with van der Waals surface area (Å²) in [6, 6.07) is 0. The maximum absolute atomic E-state index is 8.89. The average Bonchev–Trinajstić information content (AvgIpc) is 1.76. The van der Waals surface area contributed by atoms with Gasteiger partial charge in [-0.1, -0.05) is 0 Å². The summed E-state index contributed by atoms with van der Waals surface area (Å²) < 4.78 is 0. The molecule has 0 aromatic rings. The summed E-state index contributed by atoms with van der Waals surface area (Å²) >= 11 is 0. The van der Waals surface area contributed by atoms with Gasteiger partial charge in [0.15, 0.2) is 0 Å². The maximum Gasteiger partial charge on any atom is 2.00 e. The van der Waals surface area contributed by atoms with Crippen LogP contribution in [0.4, 0.5) is 0 Å². The summed E-state index contributed by atoms with van der Waals surface area (Å²) in [4.78, 5) is 34.3. The number of carbonyl (C=O) groups is 2. The Morgan fingerprint density at radius 3 is 0.778 bits per heavy atom. The molecular weight excluding hydrogens is 300 g/mol. The van der Waals surface area contributed by atoms with Gasteiger partial charge in [0, 0.05) is 11.9 Å². The van der Waals surface area contributed by atoms with Gasteiger partial charge < -0.3 is 50.4 Å². The predicted octanol–water partition coefficient (Wildman–Crippen LogP) is -3.73. The summed E-state index contributed by atoms with van der Waals surface area (Å²) in [5, 5.41) is 47.3. The van der Waals surface area contributed by atoms with E-state index in [1.165, 1.54) is 0 Å². The van der Waals surface area contributed by atoms with E-state index in [0.717, 1.165) is 13.8 Å². The fourth-order valence-electron chi connectivity index (χ4n) is 0. The SMILES string of the molecule is CC(=O)[O-].CC(=O)[O-].O=[N+]([O-])[O-].O=[N+]([O-])[O-].[Ca+2].[Mg+2]. The van der Waals surface area contributed by atoms with Gasteiger partial charge in [0.1, 0.15) is 0 Å². The van der Waals surface area contributed by atoms with Gasteiger partial charge >= 0.3 is 60.8 Å². The van der Waals surface area contributed by atoms with Crippen molar-refractivity contribution in [2.45, 2.75) is 13.8 Å². The molecule has 0 aliphatic rings. The van der Waals surface area contributed by atoms with E-state index in [9.17, 15) is 0 Å². The van der Waals surface area contributed by atoms with Crippen molar-refractivity contribution in [3.05, 3.63) is 30.6 Å². The van der Waals surface area contributed by atoms with E-state index in [1.54, 1.807) is 0 Å². The number of rotatable bonds is 0. The van der Waals surface area contributed by atoms with Crippen LogP contribution in [0.2, 0.25) is 0 Å². The second kappa shape index (κ2) is 29.9. The molecule has 12 nitrogen and oxygen atoms in total. The second-order valence-electron chi connectivity index (χ2n) is 1.43. The standard InChI is InChI=1S/2C2H4O2.Ca.Mg.2NO3/c2*1-2(3)4;;;2*2-1(3)4/h2*1H3,(H,3,4);;;;/q;;2*+2;2*-1/p-2. The largest absolute Gasteiger partial charge is 2.00 e. The Morgan fingerprint density at radius 1 is 0.778 bits per heavy atom. The minimum atomic E-state index is -1.75. The van der Waals surface area contributed by atoms with E-state index in [4.69, 9.17) is 50.4 Å². The molecule has 0 aromatic heterocycles. The zero-order chi connectivity index (χ0) is 14.3. The van der Waals surface area contributed by atoms with Crippen LogP contribution in [-0.2, 0) is 9.59 Å². The zero-order valence-electron chi connectivity index (χ0n) is 9.39. The Labute approximate surface area is 146 Å². The molecular formula is C4H6CaMgN2O10. The first-order valence-corrected chi connectivity index (χ1v) is 2.91. The summed E-state index contributed by atoms with van der Waals surface area (Å²) in [5.74, 6) is -2.17. The third-order valence-electron chi connectivity index (χ3n) is 0. The van der Waals surface area contributed by atoms with E-state index >= 15 is 0 Å². The van der Waals surface area contributed by atoms with Crippen LogP contribution in [0.5, 0.6) is 0 Å². The van der Waals surface area contributed by atoms with Gasteiger partial charge in [-0.25, -0.2) is 0 Å². The molecule has 14 heteroatoms. The first-order chi connectivity index (χ1) is 6.93. The number of carbonyl (C=O) groups excluding carboxylic acids is 2. The number of carboxylic acids is 2. The van der Waals surface area contributed by atoms with Crippen LogP contribution >= 0.6 is 0 Å². The Balaban J connectivity index is -0.0000000257. The zero-order valence-corrected chi connectivity index (χ0v) is 13.0. The molecule has 0 radical (unpaired) electrons. The van der Waals surface area contributed by atoms with Crippen molar-refractivity contribution in [3.63, 3.8) is 0 Å². The normalized spacial score (nSPS) is 5.44. The molecule has 0 spiro atoms. The van der Waals surface area contributed by atoms with Crippen LogP contribution in [0.15, 0.2) is 0 Å². The molecule has 0 fully saturated rings. The van der Waals surface area contributed by atoms with Crippen LogP contribution in [0.3, 0.4) is 0 Å². The van der Waals surface area contributed by atoms with Crippen LogP contribution in [0.25, 0.3) is 0 Å². The summed E-state index contributed by atoms with van der Waals surface area (Å²) in [6.45, 7) is 1.94. The van der Waals surface area contributed by atoms with Gasteiger partial charge in [-0.15, -0.1) is 0 Å². The van der Waals surface area contributed by atoms with Crippen LogP contribution < -0.4 is 10.2 Å². The van der Waals surface area contributed by atoms with Gasteiger partial charge in [-0.2, -0.15) is 0 Å². The Kier molecular flexibility index (Phi) is 59.8. The molecule has 0 amide bonds. The van der Waals surface area contributed by atoms with Crippen molar-refractivity contribution in [1.82, 2.24) is 0 Å². The van der Waals surface area contributed by atoms with E-state index in [1.807, 2.05) is 0 Å². The van der Waals surface area contributed by atoms with Crippen LogP contribution in [0, 0.1) is 30.6 Å². The van der Waals surface area contributed by atoms with Crippen molar-refractivity contribution < 1.29 is 30.0 Å². The van der Waals surface area contributed by atoms with Gasteiger partial charge in [0.2, 0.25) is 0 Å². The third-order valence-corrected chi connectivity index (χ3v) is 0. The second-order valence-corrected chi connectivity index (χ2v) is 1.43. The minimum Gasteiger partial charge on any atom is -0.550 e. The smallest absolute Gasteiger partial charge is 0.550 e. The summed E-state index contributed by atoms with van der Waals surface area (Å²) in [5.41, 5.74) is 0. The molecule has 0 unspecified atom stereocenters. The Bertz CT molecular complexity index is 172. The first kappa shape index (κ1) is 36.0. The van der Waals surface area contributed by atoms with Gasteiger partial charge in [0.25, 0.3) is 0 Å². The fourth-order valence-corrected chi connectivity index (χ4v) is 0. The number of carboxylic acid groups (broad SMARTS) is 2. The fraction of sp³-hybridized carbons (Fsp3) is 0.500. The molecule has 0 aliphatic carbocycles. The molecule has 18 heavy (non-hydrogen) atoms. The van der Waals surface area contributed by atoms with Gasteiger partial charge in [0.05, 0.1) is 10.2 Å². The molecule has 0 rings (SSSR count). The van der Waals surface area contributed by atoms with Crippen molar-refractivity contribution in [2.75, 3.05) is 0 Å². The summed E-state index contributed by atoms with van der Waals surface area (Å²) in [7, 11) is 0. The molecule has 96 valence electrons. The quantitative estimate of drug-likeness (QED) is 0.242. The monoisotopic (exact) mass is 306 g/mol. The van der Waals surface area contributed by atoms with E-state index in [2.05, 4.69) is 0 Å². The maximum atomic E-state index is 8.89. The molecule has 0 aliphatic heterocycles. The van der Waals surface area contributed by atoms with E-state index in [0.29, 0.717) is 0 Å². The molecule has 0 saturated heterocycles. The van der Waals surface area contributed by atoms with Crippen molar-refractivity contribution in [1.29, 1.82) is 0 Å². The average molecular weight is 306 g/mol. The third kappa shape index (κ3) is 7890. The number of aliphatic carboxylic acids is 2. The summed E-state index contributed by atoms with van der Waals surface area (Å²) in [6.07, 6.45) is 0. The molecule has 0 heterocycles. The van der Waals surface area contributed by atoms with E-state index in [-0.39, 0.29) is 60.8 Å². The minimum absolute atomic E-state index is 0. The topological polar surface area (TPSA) is 213 Å². The van der Waals surface area contributed by atoms with Gasteiger partial charge in [-0.3, -0.25) is 0 Å².